The summed E-state index contributed by atoms with van der Waals surface area (Å²) in [5.41, 5.74) is 6.35. The van der Waals surface area contributed by atoms with Crippen molar-refractivity contribution in [3.8, 4) is 5.75 Å². The van der Waals surface area contributed by atoms with Crippen LogP contribution in [-0.4, -0.2) is 16.9 Å². The third-order valence-electron chi connectivity index (χ3n) is 3.42. The fourth-order valence-electron chi connectivity index (χ4n) is 2.45. The number of rotatable bonds is 6. The molecule has 5 nitrogen and oxygen atoms in total. The lowest BCUT2D eigenvalue weighted by Crippen LogP contribution is -2.31. The van der Waals surface area contributed by atoms with E-state index >= 15 is 0 Å². The summed E-state index contributed by atoms with van der Waals surface area (Å²) >= 11 is 0. The summed E-state index contributed by atoms with van der Waals surface area (Å²) in [6.45, 7) is 4.92. The molecule has 0 radical (unpaired) electrons. The van der Waals surface area contributed by atoms with Crippen LogP contribution in [0, 0.1) is 6.92 Å². The molecule has 1 aromatic heterocycles. The minimum absolute atomic E-state index is 0.0331. The zero-order valence-corrected chi connectivity index (χ0v) is 12.3. The van der Waals surface area contributed by atoms with Crippen LogP contribution >= 0.6 is 0 Å². The van der Waals surface area contributed by atoms with Gasteiger partial charge in [0.1, 0.15) is 0 Å². The Bertz CT molecular complexity index is 543. The van der Waals surface area contributed by atoms with Crippen LogP contribution in [0.4, 0.5) is 0 Å². The molecule has 2 aromatic rings. The van der Waals surface area contributed by atoms with Crippen molar-refractivity contribution in [1.29, 1.82) is 0 Å². The summed E-state index contributed by atoms with van der Waals surface area (Å²) in [6.07, 6.45) is 2.53. The van der Waals surface area contributed by atoms with Crippen LogP contribution in [0.25, 0.3) is 0 Å². The van der Waals surface area contributed by atoms with Crippen LogP contribution in [-0.2, 0) is 13.0 Å². The van der Waals surface area contributed by atoms with E-state index in [2.05, 4.69) is 48.6 Å². The summed E-state index contributed by atoms with van der Waals surface area (Å²) in [5.74, 6) is 6.52. The summed E-state index contributed by atoms with van der Waals surface area (Å²) in [7, 11) is 1.65. The first kappa shape index (κ1) is 14.6. The van der Waals surface area contributed by atoms with Gasteiger partial charge in [-0.05, 0) is 25.8 Å². The van der Waals surface area contributed by atoms with Crippen molar-refractivity contribution < 1.29 is 4.74 Å². The van der Waals surface area contributed by atoms with Crippen molar-refractivity contribution in [2.75, 3.05) is 7.11 Å². The van der Waals surface area contributed by atoms with E-state index < -0.39 is 0 Å². The molecule has 1 atom stereocenters. The number of aromatic nitrogens is 2. The molecule has 2 rings (SSSR count). The van der Waals surface area contributed by atoms with Gasteiger partial charge in [-0.3, -0.25) is 16.0 Å². The molecule has 0 aliphatic carbocycles. The number of nitrogens with zero attached hydrogens (tertiary/aromatic N) is 2. The molecule has 0 saturated heterocycles. The number of benzene rings is 1. The second-order valence-electron chi connectivity index (χ2n) is 4.83. The van der Waals surface area contributed by atoms with Gasteiger partial charge in [-0.1, -0.05) is 29.8 Å². The van der Waals surface area contributed by atoms with Gasteiger partial charge in [0.25, 0.3) is 0 Å². The predicted molar refractivity (Wildman–Crippen MR) is 79.4 cm³/mol. The van der Waals surface area contributed by atoms with Crippen molar-refractivity contribution in [3.05, 3.63) is 47.3 Å². The Labute approximate surface area is 119 Å². The first-order chi connectivity index (χ1) is 9.69. The molecule has 0 aliphatic heterocycles. The Balaban J connectivity index is 2.30. The highest BCUT2D eigenvalue weighted by Crippen LogP contribution is 2.27. The van der Waals surface area contributed by atoms with Crippen molar-refractivity contribution in [2.24, 2.45) is 5.84 Å². The standard InChI is InChI=1S/C15H22N4O/c1-4-19-15(14(20-3)10-17-19)13(18-16)9-12-7-5-6-11(2)8-12/h5-8,10,13,18H,4,9,16H2,1-3H3. The Hall–Kier alpha value is -1.85. The van der Waals surface area contributed by atoms with Gasteiger partial charge < -0.3 is 4.74 Å². The Morgan fingerprint density at radius 2 is 2.25 bits per heavy atom. The second-order valence-corrected chi connectivity index (χ2v) is 4.83. The first-order valence-corrected chi connectivity index (χ1v) is 6.81. The van der Waals surface area contributed by atoms with Crippen LogP contribution in [0.15, 0.2) is 30.5 Å². The van der Waals surface area contributed by atoms with Gasteiger partial charge in [0, 0.05) is 6.54 Å². The van der Waals surface area contributed by atoms with Crippen LogP contribution < -0.4 is 16.0 Å². The molecular formula is C15H22N4O. The molecule has 5 heteroatoms. The monoisotopic (exact) mass is 274 g/mol. The van der Waals surface area contributed by atoms with E-state index in [0.717, 1.165) is 24.4 Å². The molecule has 108 valence electrons. The van der Waals surface area contributed by atoms with Crippen molar-refractivity contribution in [1.82, 2.24) is 15.2 Å². The molecular weight excluding hydrogens is 252 g/mol. The molecule has 1 unspecified atom stereocenters. The fraction of sp³-hybridized carbons (Fsp3) is 0.400. The van der Waals surface area contributed by atoms with E-state index in [1.54, 1.807) is 13.3 Å². The first-order valence-electron chi connectivity index (χ1n) is 6.81. The van der Waals surface area contributed by atoms with Crippen LogP contribution in [0.2, 0.25) is 0 Å². The van der Waals surface area contributed by atoms with E-state index in [1.807, 2.05) is 4.68 Å². The number of aryl methyl sites for hydroxylation is 2. The molecule has 1 heterocycles. The molecule has 0 bridgehead atoms. The predicted octanol–water partition coefficient (Wildman–Crippen LogP) is 1.97. The highest BCUT2D eigenvalue weighted by Gasteiger charge is 2.20. The molecule has 0 spiro atoms. The highest BCUT2D eigenvalue weighted by molar-refractivity contribution is 5.31. The number of methoxy groups -OCH3 is 1. The molecule has 0 fully saturated rings. The lowest BCUT2D eigenvalue weighted by atomic mass is 10.0. The van der Waals surface area contributed by atoms with Crippen molar-refractivity contribution >= 4 is 0 Å². The zero-order chi connectivity index (χ0) is 14.5. The van der Waals surface area contributed by atoms with Crippen LogP contribution in [0.5, 0.6) is 5.75 Å². The topological polar surface area (TPSA) is 65.1 Å². The lowest BCUT2D eigenvalue weighted by Gasteiger charge is -2.19. The Kier molecular flexibility index (Phi) is 4.76. The molecule has 0 aliphatic rings. The minimum Gasteiger partial charge on any atom is -0.493 e. The van der Waals surface area contributed by atoms with Gasteiger partial charge in [0.15, 0.2) is 5.75 Å². The lowest BCUT2D eigenvalue weighted by molar-refractivity contribution is 0.391. The molecule has 0 saturated carbocycles. The summed E-state index contributed by atoms with van der Waals surface area (Å²) in [4.78, 5) is 0. The Morgan fingerprint density at radius 1 is 1.45 bits per heavy atom. The van der Waals surface area contributed by atoms with Gasteiger partial charge in [-0.15, -0.1) is 0 Å². The fourth-order valence-corrected chi connectivity index (χ4v) is 2.45. The third kappa shape index (κ3) is 3.00. The SMILES string of the molecule is CCn1ncc(OC)c1C(Cc1cccc(C)c1)NN. The van der Waals surface area contributed by atoms with Gasteiger partial charge in [0.2, 0.25) is 0 Å². The van der Waals surface area contributed by atoms with Crippen LogP contribution in [0.3, 0.4) is 0 Å². The normalized spacial score (nSPS) is 12.4. The van der Waals surface area contributed by atoms with Gasteiger partial charge in [-0.2, -0.15) is 5.10 Å². The smallest absolute Gasteiger partial charge is 0.161 e. The molecule has 20 heavy (non-hydrogen) atoms. The summed E-state index contributed by atoms with van der Waals surface area (Å²) < 4.78 is 7.31. The van der Waals surface area contributed by atoms with Gasteiger partial charge in [-0.25, -0.2) is 0 Å². The maximum absolute atomic E-state index is 5.75. The third-order valence-corrected chi connectivity index (χ3v) is 3.42. The van der Waals surface area contributed by atoms with E-state index in [0.29, 0.717) is 0 Å². The van der Waals surface area contributed by atoms with E-state index in [1.165, 1.54) is 11.1 Å². The number of hydrazine groups is 1. The number of hydrogen-bond acceptors (Lipinski definition) is 4. The molecule has 1 aromatic carbocycles. The maximum atomic E-state index is 5.75. The average molecular weight is 274 g/mol. The number of hydrogen-bond donors (Lipinski definition) is 2. The van der Waals surface area contributed by atoms with E-state index in [-0.39, 0.29) is 6.04 Å². The molecule has 0 amide bonds. The van der Waals surface area contributed by atoms with E-state index in [9.17, 15) is 0 Å². The average Bonchev–Trinajstić information content (AvgIpc) is 2.87. The van der Waals surface area contributed by atoms with Crippen molar-refractivity contribution in [2.45, 2.75) is 32.9 Å². The number of nitrogens with two attached hydrogens (primary N) is 1. The summed E-state index contributed by atoms with van der Waals surface area (Å²) in [6, 6.07) is 8.40. The maximum Gasteiger partial charge on any atom is 0.161 e. The van der Waals surface area contributed by atoms with E-state index in [4.69, 9.17) is 10.6 Å². The molecule has 3 N–H and O–H groups in total. The van der Waals surface area contributed by atoms with Crippen LogP contribution in [0.1, 0.15) is 29.8 Å². The quantitative estimate of drug-likeness (QED) is 0.624. The number of nitrogens with one attached hydrogen (secondary N) is 1. The minimum atomic E-state index is -0.0331. The second kappa shape index (κ2) is 6.54. The Morgan fingerprint density at radius 3 is 2.85 bits per heavy atom. The largest absolute Gasteiger partial charge is 0.493 e. The summed E-state index contributed by atoms with van der Waals surface area (Å²) in [5, 5.41) is 4.33. The number of ether oxygens (including phenoxy) is 1. The zero-order valence-electron chi connectivity index (χ0n) is 12.3. The van der Waals surface area contributed by atoms with Gasteiger partial charge >= 0.3 is 0 Å². The highest BCUT2D eigenvalue weighted by atomic mass is 16.5. The van der Waals surface area contributed by atoms with Gasteiger partial charge in [0.05, 0.1) is 25.0 Å². The van der Waals surface area contributed by atoms with Crippen molar-refractivity contribution in [3.63, 3.8) is 0 Å².